The quantitative estimate of drug-likeness (QED) is 0.606. The molecule has 158 valence electrons. The molecule has 0 spiro atoms. The number of carbonyl (C=O) groups excluding carboxylic acids is 1. The summed E-state index contributed by atoms with van der Waals surface area (Å²) in [6.45, 7) is 4.13. The summed E-state index contributed by atoms with van der Waals surface area (Å²) in [4.78, 5) is 16.4. The highest BCUT2D eigenvalue weighted by atomic mass is 35.5. The average Bonchev–Trinajstić information content (AvgIpc) is 2.71. The summed E-state index contributed by atoms with van der Waals surface area (Å²) in [7, 11) is -3.59. The largest absolute Gasteiger partial charge is 0.352 e. The number of allylic oxidation sites excluding steroid dienone is 5. The Balaban J connectivity index is 1.81. The van der Waals surface area contributed by atoms with Gasteiger partial charge in [0.25, 0.3) is 0 Å². The second-order valence-electron chi connectivity index (χ2n) is 7.12. The third kappa shape index (κ3) is 8.12. The van der Waals surface area contributed by atoms with Gasteiger partial charge in [0.2, 0.25) is 15.9 Å². The van der Waals surface area contributed by atoms with Crippen molar-refractivity contribution in [2.75, 3.05) is 0 Å². The molecule has 8 heteroatoms. The van der Waals surface area contributed by atoms with Gasteiger partial charge in [-0.05, 0) is 62.8 Å². The lowest BCUT2D eigenvalue weighted by Gasteiger charge is -2.27. The minimum absolute atomic E-state index is 0.00595. The third-order valence-electron chi connectivity index (χ3n) is 4.81. The molecule has 1 aliphatic carbocycles. The number of rotatable bonds is 8. The van der Waals surface area contributed by atoms with E-state index in [1.165, 1.54) is 6.08 Å². The predicted octanol–water partition coefficient (Wildman–Crippen LogP) is 3.78. The van der Waals surface area contributed by atoms with Crippen LogP contribution in [0.1, 0.15) is 45.1 Å². The second kappa shape index (κ2) is 11.3. The van der Waals surface area contributed by atoms with Crippen molar-refractivity contribution in [3.05, 3.63) is 64.3 Å². The van der Waals surface area contributed by atoms with Gasteiger partial charge in [0.05, 0.1) is 0 Å². The Hall–Kier alpha value is -1.96. The van der Waals surface area contributed by atoms with Crippen LogP contribution < -0.4 is 10.0 Å². The van der Waals surface area contributed by atoms with Gasteiger partial charge >= 0.3 is 0 Å². The van der Waals surface area contributed by atoms with Crippen LogP contribution in [-0.4, -0.2) is 25.4 Å². The first-order chi connectivity index (χ1) is 13.8. The Bertz CT molecular complexity index is 872. The highest BCUT2D eigenvalue weighted by Crippen LogP contribution is 2.25. The van der Waals surface area contributed by atoms with Gasteiger partial charge < -0.3 is 5.32 Å². The van der Waals surface area contributed by atoms with Gasteiger partial charge in [0, 0.05) is 41.3 Å². The van der Waals surface area contributed by atoms with Crippen molar-refractivity contribution in [1.29, 1.82) is 0 Å². The highest BCUT2D eigenvalue weighted by molar-refractivity contribution is 7.92. The fourth-order valence-corrected chi connectivity index (χ4v) is 4.49. The van der Waals surface area contributed by atoms with Crippen molar-refractivity contribution in [1.82, 2.24) is 15.0 Å². The van der Waals surface area contributed by atoms with Gasteiger partial charge in [-0.3, -0.25) is 9.78 Å². The first kappa shape index (κ1) is 23.3. The molecule has 0 saturated heterocycles. The van der Waals surface area contributed by atoms with Gasteiger partial charge in [-0.1, -0.05) is 29.8 Å². The minimum Gasteiger partial charge on any atom is -0.352 e. The standard InChI is InChI=1S/C21H28ClN3O3S/c1-3-5-16(2)20(22)11-13-29(27,28)25-19-9-7-18(8-10-19)21(26)24-15-17-6-4-12-23-14-17/h3-6,11-14,18-19,25H,7-10,15H2,1-2H3,(H,24,26)/b5-3-,13-11+,20-16+. The molecule has 2 rings (SSSR count). The number of sulfonamides is 1. The molecule has 0 aliphatic heterocycles. The SMILES string of the molecule is C\C=C/C(C)=C(Cl)\C=C\S(=O)(=O)NC1CCC(C(=O)NCc2cccnc2)CC1. The molecule has 1 amide bonds. The van der Waals surface area contributed by atoms with E-state index in [0.717, 1.165) is 16.5 Å². The molecule has 2 N–H and O–H groups in total. The van der Waals surface area contributed by atoms with Crippen molar-refractivity contribution in [3.8, 4) is 0 Å². The zero-order chi connectivity index (χ0) is 21.3. The lowest BCUT2D eigenvalue weighted by Crippen LogP contribution is -2.40. The van der Waals surface area contributed by atoms with Gasteiger partial charge in [0.15, 0.2) is 0 Å². The number of halogens is 1. The van der Waals surface area contributed by atoms with Gasteiger partial charge in [-0.2, -0.15) is 0 Å². The predicted molar refractivity (Wildman–Crippen MR) is 116 cm³/mol. The molecule has 1 heterocycles. The molecule has 1 aliphatic rings. The van der Waals surface area contributed by atoms with E-state index in [4.69, 9.17) is 11.6 Å². The molecule has 29 heavy (non-hydrogen) atoms. The zero-order valence-corrected chi connectivity index (χ0v) is 18.3. The fraction of sp³-hybridized carbons (Fsp3) is 0.429. The first-order valence-corrected chi connectivity index (χ1v) is 11.6. The summed E-state index contributed by atoms with van der Waals surface area (Å²) < 4.78 is 27.2. The van der Waals surface area contributed by atoms with E-state index in [-0.39, 0.29) is 17.9 Å². The lowest BCUT2D eigenvalue weighted by molar-refractivity contribution is -0.126. The first-order valence-electron chi connectivity index (χ1n) is 9.67. The molecule has 0 bridgehead atoms. The van der Waals surface area contributed by atoms with E-state index >= 15 is 0 Å². The molecule has 0 radical (unpaired) electrons. The average molecular weight is 438 g/mol. The van der Waals surface area contributed by atoms with E-state index in [2.05, 4.69) is 15.0 Å². The van der Waals surface area contributed by atoms with Crippen LogP contribution >= 0.6 is 11.6 Å². The minimum atomic E-state index is -3.59. The van der Waals surface area contributed by atoms with Crippen molar-refractivity contribution in [3.63, 3.8) is 0 Å². The Morgan fingerprint density at radius 3 is 2.62 bits per heavy atom. The second-order valence-corrected chi connectivity index (χ2v) is 9.13. The Morgan fingerprint density at radius 2 is 2.00 bits per heavy atom. The van der Waals surface area contributed by atoms with E-state index < -0.39 is 10.0 Å². The van der Waals surface area contributed by atoms with Gasteiger partial charge in [-0.25, -0.2) is 13.1 Å². The van der Waals surface area contributed by atoms with E-state index in [9.17, 15) is 13.2 Å². The van der Waals surface area contributed by atoms with Crippen LogP contribution in [0.5, 0.6) is 0 Å². The van der Waals surface area contributed by atoms with Gasteiger partial charge in [0.1, 0.15) is 0 Å². The number of aromatic nitrogens is 1. The smallest absolute Gasteiger partial charge is 0.234 e. The number of amides is 1. The Kier molecular flexibility index (Phi) is 9.07. The molecule has 0 atom stereocenters. The van der Waals surface area contributed by atoms with Crippen molar-refractivity contribution < 1.29 is 13.2 Å². The summed E-state index contributed by atoms with van der Waals surface area (Å²) >= 11 is 6.09. The monoisotopic (exact) mass is 437 g/mol. The molecule has 1 aromatic rings. The van der Waals surface area contributed by atoms with Crippen LogP contribution in [0.3, 0.4) is 0 Å². The Morgan fingerprint density at radius 1 is 1.28 bits per heavy atom. The molecule has 6 nitrogen and oxygen atoms in total. The molecular weight excluding hydrogens is 410 g/mol. The van der Waals surface area contributed by atoms with E-state index in [1.807, 2.05) is 38.1 Å². The summed E-state index contributed by atoms with van der Waals surface area (Å²) in [5, 5.41) is 4.40. The maximum Gasteiger partial charge on any atom is 0.234 e. The molecular formula is C21H28ClN3O3S. The zero-order valence-electron chi connectivity index (χ0n) is 16.8. The van der Waals surface area contributed by atoms with Crippen LogP contribution in [0, 0.1) is 5.92 Å². The van der Waals surface area contributed by atoms with Crippen LogP contribution in [0.15, 0.2) is 58.8 Å². The van der Waals surface area contributed by atoms with Crippen molar-refractivity contribution in [2.45, 2.75) is 52.1 Å². The highest BCUT2D eigenvalue weighted by Gasteiger charge is 2.27. The van der Waals surface area contributed by atoms with E-state index in [1.54, 1.807) is 12.4 Å². The van der Waals surface area contributed by atoms with E-state index in [0.29, 0.717) is 37.3 Å². The van der Waals surface area contributed by atoms with Crippen LogP contribution in [0.2, 0.25) is 0 Å². The maximum atomic E-state index is 12.4. The number of hydrogen-bond acceptors (Lipinski definition) is 4. The normalized spacial score (nSPS) is 21.3. The number of carbonyl (C=O) groups is 1. The van der Waals surface area contributed by atoms with Crippen LogP contribution in [-0.2, 0) is 21.4 Å². The topological polar surface area (TPSA) is 88.2 Å². The van der Waals surface area contributed by atoms with Crippen LogP contribution in [0.4, 0.5) is 0 Å². The number of hydrogen-bond donors (Lipinski definition) is 2. The van der Waals surface area contributed by atoms with Gasteiger partial charge in [-0.15, -0.1) is 0 Å². The third-order valence-corrected chi connectivity index (χ3v) is 6.39. The molecule has 0 aromatic carbocycles. The molecule has 1 fully saturated rings. The number of pyridine rings is 1. The molecule has 1 saturated carbocycles. The number of nitrogens with one attached hydrogen (secondary N) is 2. The van der Waals surface area contributed by atoms with Crippen molar-refractivity contribution >= 4 is 27.5 Å². The lowest BCUT2D eigenvalue weighted by atomic mass is 9.86. The van der Waals surface area contributed by atoms with Crippen molar-refractivity contribution in [2.24, 2.45) is 5.92 Å². The summed E-state index contributed by atoms with van der Waals surface area (Å²) in [6, 6.07) is 3.57. The maximum absolute atomic E-state index is 12.4. The fourth-order valence-electron chi connectivity index (χ4n) is 3.19. The summed E-state index contributed by atoms with van der Waals surface area (Å²) in [5.41, 5.74) is 1.74. The number of nitrogens with zero attached hydrogens (tertiary/aromatic N) is 1. The Labute approximate surface area is 178 Å². The molecule has 1 aromatic heterocycles. The summed E-state index contributed by atoms with van der Waals surface area (Å²) in [6.07, 6.45) is 11.0. The van der Waals surface area contributed by atoms with Crippen LogP contribution in [0.25, 0.3) is 0 Å². The summed E-state index contributed by atoms with van der Waals surface area (Å²) in [5.74, 6) is -0.0877. The molecule has 0 unspecified atom stereocenters.